The largest absolute Gasteiger partial charge is 0.405 e. The smallest absolute Gasteiger partial charge is 0.312 e. The van der Waals surface area contributed by atoms with E-state index in [1.807, 2.05) is 13.8 Å². The second-order valence-electron chi connectivity index (χ2n) is 3.66. The Labute approximate surface area is 82.1 Å². The molecule has 2 atom stereocenters. The molecule has 0 fully saturated rings. The summed E-state index contributed by atoms with van der Waals surface area (Å²) >= 11 is 0. The standard InChI is InChI=1S/C9H15F3N2/c1-6(2)7(3)14-5-8(4-13)9(10,11)12/h6-8,14H,5H2,1-3H3. The van der Waals surface area contributed by atoms with E-state index in [1.165, 1.54) is 6.07 Å². The van der Waals surface area contributed by atoms with Gasteiger partial charge < -0.3 is 5.32 Å². The van der Waals surface area contributed by atoms with Crippen LogP contribution >= 0.6 is 0 Å². The minimum absolute atomic E-state index is 0.0202. The van der Waals surface area contributed by atoms with Gasteiger partial charge in [-0.05, 0) is 12.8 Å². The number of hydrogen-bond acceptors (Lipinski definition) is 2. The molecule has 0 heterocycles. The molecule has 0 bridgehead atoms. The van der Waals surface area contributed by atoms with Crippen molar-refractivity contribution in [2.24, 2.45) is 11.8 Å². The topological polar surface area (TPSA) is 35.8 Å². The summed E-state index contributed by atoms with van der Waals surface area (Å²) in [7, 11) is 0. The highest BCUT2D eigenvalue weighted by molar-refractivity contribution is 4.90. The van der Waals surface area contributed by atoms with Gasteiger partial charge in [0.1, 0.15) is 0 Å². The van der Waals surface area contributed by atoms with Crippen LogP contribution in [0.1, 0.15) is 20.8 Å². The first kappa shape index (κ1) is 13.2. The van der Waals surface area contributed by atoms with Crippen molar-refractivity contribution < 1.29 is 13.2 Å². The molecule has 0 aliphatic heterocycles. The van der Waals surface area contributed by atoms with Crippen molar-refractivity contribution in [2.45, 2.75) is 33.0 Å². The molecule has 14 heavy (non-hydrogen) atoms. The van der Waals surface area contributed by atoms with Crippen LogP contribution in [-0.4, -0.2) is 18.8 Å². The van der Waals surface area contributed by atoms with E-state index in [9.17, 15) is 13.2 Å². The predicted octanol–water partition coefficient (Wildman–Crippen LogP) is 2.32. The third-order valence-electron chi connectivity index (χ3n) is 2.19. The van der Waals surface area contributed by atoms with E-state index in [1.54, 1.807) is 6.92 Å². The van der Waals surface area contributed by atoms with Crippen LogP contribution in [0.3, 0.4) is 0 Å². The molecule has 0 aromatic carbocycles. The second-order valence-corrected chi connectivity index (χ2v) is 3.66. The number of halogens is 3. The molecule has 0 aliphatic carbocycles. The summed E-state index contributed by atoms with van der Waals surface area (Å²) in [6.07, 6.45) is -4.43. The van der Waals surface area contributed by atoms with Crippen molar-refractivity contribution in [1.29, 1.82) is 5.26 Å². The van der Waals surface area contributed by atoms with E-state index in [4.69, 9.17) is 5.26 Å². The lowest BCUT2D eigenvalue weighted by Gasteiger charge is -2.20. The highest BCUT2D eigenvalue weighted by atomic mass is 19.4. The Morgan fingerprint density at radius 2 is 1.79 bits per heavy atom. The van der Waals surface area contributed by atoms with Crippen LogP contribution in [0.15, 0.2) is 0 Å². The molecule has 0 aliphatic rings. The van der Waals surface area contributed by atoms with Crippen LogP contribution in [0, 0.1) is 23.2 Å². The monoisotopic (exact) mass is 208 g/mol. The maximum Gasteiger partial charge on any atom is 0.405 e. The predicted molar refractivity (Wildman–Crippen MR) is 47.5 cm³/mol. The highest BCUT2D eigenvalue weighted by Crippen LogP contribution is 2.25. The quantitative estimate of drug-likeness (QED) is 0.769. The summed E-state index contributed by atoms with van der Waals surface area (Å²) in [4.78, 5) is 0. The van der Waals surface area contributed by atoms with E-state index in [2.05, 4.69) is 5.32 Å². The van der Waals surface area contributed by atoms with Crippen LogP contribution in [0.5, 0.6) is 0 Å². The highest BCUT2D eigenvalue weighted by Gasteiger charge is 2.39. The lowest BCUT2D eigenvalue weighted by Crippen LogP contribution is -2.39. The summed E-state index contributed by atoms with van der Waals surface area (Å²) in [5, 5.41) is 11.0. The van der Waals surface area contributed by atoms with Crippen LogP contribution in [0.2, 0.25) is 0 Å². The van der Waals surface area contributed by atoms with Gasteiger partial charge in [0.05, 0.1) is 6.07 Å². The van der Waals surface area contributed by atoms with Gasteiger partial charge in [-0.25, -0.2) is 0 Å². The molecule has 82 valence electrons. The lowest BCUT2D eigenvalue weighted by atomic mass is 10.1. The average Bonchev–Trinajstić information content (AvgIpc) is 2.02. The molecule has 0 rings (SSSR count). The van der Waals surface area contributed by atoms with Crippen molar-refractivity contribution in [3.63, 3.8) is 0 Å². The van der Waals surface area contributed by atoms with Crippen LogP contribution < -0.4 is 5.32 Å². The van der Waals surface area contributed by atoms with Gasteiger partial charge in [-0.2, -0.15) is 18.4 Å². The van der Waals surface area contributed by atoms with Crippen LogP contribution in [0.25, 0.3) is 0 Å². The fourth-order valence-electron chi connectivity index (χ4n) is 0.774. The minimum Gasteiger partial charge on any atom is -0.312 e. The zero-order chi connectivity index (χ0) is 11.4. The van der Waals surface area contributed by atoms with Crippen molar-refractivity contribution >= 4 is 0 Å². The first-order valence-corrected chi connectivity index (χ1v) is 4.48. The summed E-state index contributed by atoms with van der Waals surface area (Å²) in [5.74, 6) is -1.66. The number of hydrogen-bond donors (Lipinski definition) is 1. The first-order chi connectivity index (χ1) is 6.29. The first-order valence-electron chi connectivity index (χ1n) is 4.48. The summed E-state index contributed by atoms with van der Waals surface area (Å²) in [5.41, 5.74) is 0. The van der Waals surface area contributed by atoms with E-state index >= 15 is 0 Å². The van der Waals surface area contributed by atoms with Gasteiger partial charge in [-0.3, -0.25) is 0 Å². The van der Waals surface area contributed by atoms with Gasteiger partial charge in [-0.1, -0.05) is 13.8 Å². The van der Waals surface area contributed by atoms with Gasteiger partial charge in [0.25, 0.3) is 0 Å². The van der Waals surface area contributed by atoms with Crippen molar-refractivity contribution in [1.82, 2.24) is 5.32 Å². The Balaban J connectivity index is 4.05. The Kier molecular flexibility index (Phi) is 4.92. The molecule has 0 spiro atoms. The SMILES string of the molecule is CC(C)C(C)NCC(C#N)C(F)(F)F. The number of nitrogens with one attached hydrogen (secondary N) is 1. The molecule has 2 nitrogen and oxygen atoms in total. The normalized spacial score (nSPS) is 16.4. The van der Waals surface area contributed by atoms with E-state index in [-0.39, 0.29) is 18.5 Å². The summed E-state index contributed by atoms with van der Waals surface area (Å²) in [6, 6.07) is 1.23. The Hall–Kier alpha value is -0.760. The Morgan fingerprint density at radius 3 is 2.07 bits per heavy atom. The van der Waals surface area contributed by atoms with E-state index < -0.39 is 12.1 Å². The fraction of sp³-hybridized carbons (Fsp3) is 0.889. The summed E-state index contributed by atoms with van der Waals surface area (Å²) < 4.78 is 36.3. The molecule has 5 heteroatoms. The maximum atomic E-state index is 12.1. The van der Waals surface area contributed by atoms with Gasteiger partial charge in [-0.15, -0.1) is 0 Å². The van der Waals surface area contributed by atoms with Crippen LogP contribution in [-0.2, 0) is 0 Å². The average molecular weight is 208 g/mol. The molecule has 1 N–H and O–H groups in total. The fourth-order valence-corrected chi connectivity index (χ4v) is 0.774. The third kappa shape index (κ3) is 4.47. The number of alkyl halides is 3. The van der Waals surface area contributed by atoms with Crippen molar-refractivity contribution in [2.75, 3.05) is 6.54 Å². The van der Waals surface area contributed by atoms with Crippen molar-refractivity contribution in [3.8, 4) is 6.07 Å². The second kappa shape index (κ2) is 5.20. The van der Waals surface area contributed by atoms with Gasteiger partial charge >= 0.3 is 6.18 Å². The molecule has 0 aromatic heterocycles. The van der Waals surface area contributed by atoms with E-state index in [0.29, 0.717) is 0 Å². The summed E-state index contributed by atoms with van der Waals surface area (Å²) in [6.45, 7) is 5.29. The Bertz CT molecular complexity index is 205. The molecule has 0 amide bonds. The van der Waals surface area contributed by atoms with Gasteiger partial charge in [0, 0.05) is 12.6 Å². The molecular weight excluding hydrogens is 193 g/mol. The van der Waals surface area contributed by atoms with Crippen LogP contribution in [0.4, 0.5) is 13.2 Å². The molecule has 0 aromatic rings. The Morgan fingerprint density at radius 1 is 1.29 bits per heavy atom. The third-order valence-corrected chi connectivity index (χ3v) is 2.19. The zero-order valence-corrected chi connectivity index (χ0v) is 8.52. The molecule has 0 saturated heterocycles. The number of nitrogens with zero attached hydrogens (tertiary/aromatic N) is 1. The van der Waals surface area contributed by atoms with Gasteiger partial charge in [0.2, 0.25) is 0 Å². The molecule has 0 radical (unpaired) electrons. The molecule has 0 saturated carbocycles. The maximum absolute atomic E-state index is 12.1. The zero-order valence-electron chi connectivity index (χ0n) is 8.52. The molecule has 2 unspecified atom stereocenters. The number of nitriles is 1. The molecular formula is C9H15F3N2. The van der Waals surface area contributed by atoms with E-state index in [0.717, 1.165) is 0 Å². The lowest BCUT2D eigenvalue weighted by molar-refractivity contribution is -0.158. The number of rotatable bonds is 4. The van der Waals surface area contributed by atoms with Gasteiger partial charge in [0.15, 0.2) is 5.92 Å². The minimum atomic E-state index is -4.43. The van der Waals surface area contributed by atoms with Crippen molar-refractivity contribution in [3.05, 3.63) is 0 Å².